The second kappa shape index (κ2) is 4.76. The summed E-state index contributed by atoms with van der Waals surface area (Å²) in [6.45, 7) is 1.27. The minimum Gasteiger partial charge on any atom is -0.310 e. The lowest BCUT2D eigenvalue weighted by Gasteiger charge is -2.11. The fourth-order valence-corrected chi connectivity index (χ4v) is 0.985. The number of ketones is 1. The van der Waals surface area contributed by atoms with Gasteiger partial charge in [0.15, 0.2) is 0 Å². The summed E-state index contributed by atoms with van der Waals surface area (Å²) in [5.41, 5.74) is 0. The van der Waals surface area contributed by atoms with Gasteiger partial charge in [0.2, 0.25) is 5.78 Å². The molecule has 2 N–H and O–H groups in total. The maximum Gasteiger partial charge on any atom is 0.428 e. The van der Waals surface area contributed by atoms with Crippen molar-refractivity contribution in [1.29, 1.82) is 0 Å². The first-order chi connectivity index (χ1) is 6.23. The van der Waals surface area contributed by atoms with E-state index < -0.39 is 27.7 Å². The van der Waals surface area contributed by atoms with Crippen molar-refractivity contribution in [2.45, 2.75) is 18.6 Å². The Morgan fingerprint density at radius 2 is 2.00 bits per heavy atom. The van der Waals surface area contributed by atoms with Crippen LogP contribution in [0.5, 0.6) is 0 Å². The van der Waals surface area contributed by atoms with Gasteiger partial charge < -0.3 is 5.32 Å². The van der Waals surface area contributed by atoms with Gasteiger partial charge in [0.1, 0.15) is 0 Å². The quantitative estimate of drug-likeness (QED) is 0.498. The fourth-order valence-electron chi connectivity index (χ4n) is 0.625. The molecule has 14 heavy (non-hydrogen) atoms. The van der Waals surface area contributed by atoms with E-state index in [1.54, 1.807) is 6.92 Å². The number of nitrogens with one attached hydrogen (secondary N) is 1. The number of carbonyl (C=O) groups excluding carboxylic acids is 1. The summed E-state index contributed by atoms with van der Waals surface area (Å²) in [7, 11) is -5.66. The van der Waals surface area contributed by atoms with Crippen molar-refractivity contribution in [3.05, 3.63) is 0 Å². The molecule has 0 spiro atoms. The largest absolute Gasteiger partial charge is 0.428 e. The highest BCUT2D eigenvalue weighted by Crippen LogP contribution is 2.20. The lowest BCUT2D eigenvalue weighted by atomic mass is 10.4. The Balaban J connectivity index is 4.39. The Bertz CT molecular complexity index is 301. The summed E-state index contributed by atoms with van der Waals surface area (Å²) in [4.78, 5) is 10.6. The van der Waals surface area contributed by atoms with Crippen LogP contribution in [-0.4, -0.2) is 37.1 Å². The van der Waals surface area contributed by atoms with Gasteiger partial charge in [-0.1, -0.05) is 6.92 Å². The van der Waals surface area contributed by atoms with E-state index >= 15 is 0 Å². The third-order valence-electron chi connectivity index (χ3n) is 1.36. The molecule has 0 aromatic rings. The molecule has 0 aliphatic carbocycles. The summed E-state index contributed by atoms with van der Waals surface area (Å²) < 4.78 is 53.3. The molecule has 0 aliphatic heterocycles. The minimum atomic E-state index is -5.66. The van der Waals surface area contributed by atoms with Crippen molar-refractivity contribution in [2.75, 3.05) is 13.1 Å². The van der Waals surface area contributed by atoms with Crippen molar-refractivity contribution < 1.29 is 26.5 Å². The monoisotopic (exact) mass is 231 g/mol. The maximum absolute atomic E-state index is 12.5. The van der Waals surface area contributed by atoms with Gasteiger partial charge in [-0.15, -0.1) is 0 Å². The lowest BCUT2D eigenvalue weighted by Crippen LogP contribution is -2.42. The average molecular weight is 231 g/mol. The molecule has 0 rings (SSSR count). The van der Waals surface area contributed by atoms with Crippen LogP contribution in [0.2, 0.25) is 0 Å². The first-order valence-electron chi connectivity index (χ1n) is 3.82. The van der Waals surface area contributed by atoms with Crippen LogP contribution in [0.25, 0.3) is 0 Å². The van der Waals surface area contributed by atoms with Crippen molar-refractivity contribution in [3.8, 4) is 0 Å². The Morgan fingerprint density at radius 1 is 1.50 bits per heavy atom. The highest BCUT2D eigenvalue weighted by atomic mass is 32.2. The van der Waals surface area contributed by atoms with Crippen LogP contribution >= 0.6 is 0 Å². The minimum absolute atomic E-state index is 0.313. The SMILES string of the molecule is CCCNCC(=O)C(F)(F)S(=O)(=O)O. The van der Waals surface area contributed by atoms with Crippen LogP contribution in [-0.2, 0) is 14.9 Å². The molecule has 0 atom stereocenters. The molecular weight excluding hydrogens is 220 g/mol. The second-order valence-electron chi connectivity index (χ2n) is 2.59. The Labute approximate surface area is 80.2 Å². The van der Waals surface area contributed by atoms with Gasteiger partial charge in [-0.25, -0.2) is 0 Å². The van der Waals surface area contributed by atoms with Gasteiger partial charge >= 0.3 is 15.4 Å². The topological polar surface area (TPSA) is 83.5 Å². The molecule has 0 aromatic heterocycles. The molecule has 0 bridgehead atoms. The highest BCUT2D eigenvalue weighted by molar-refractivity contribution is 7.87. The molecule has 5 nitrogen and oxygen atoms in total. The van der Waals surface area contributed by atoms with Gasteiger partial charge in [-0.05, 0) is 13.0 Å². The molecule has 0 heterocycles. The smallest absolute Gasteiger partial charge is 0.310 e. The van der Waals surface area contributed by atoms with E-state index in [9.17, 15) is 22.0 Å². The van der Waals surface area contributed by atoms with Crippen molar-refractivity contribution in [3.63, 3.8) is 0 Å². The van der Waals surface area contributed by atoms with Gasteiger partial charge in [0.05, 0.1) is 6.54 Å². The van der Waals surface area contributed by atoms with Gasteiger partial charge in [0, 0.05) is 0 Å². The van der Waals surface area contributed by atoms with Crippen LogP contribution in [0.3, 0.4) is 0 Å². The van der Waals surface area contributed by atoms with Gasteiger partial charge in [-0.2, -0.15) is 17.2 Å². The van der Waals surface area contributed by atoms with E-state index in [1.807, 2.05) is 0 Å². The number of carbonyl (C=O) groups is 1. The predicted molar refractivity (Wildman–Crippen MR) is 44.7 cm³/mol. The standard InChI is InChI=1S/C6H11F2NO4S/c1-2-3-9-4-5(10)6(7,8)14(11,12)13/h9H,2-4H2,1H3,(H,11,12,13). The van der Waals surface area contributed by atoms with Crippen molar-refractivity contribution >= 4 is 15.9 Å². The number of alkyl halides is 2. The Morgan fingerprint density at radius 3 is 2.36 bits per heavy atom. The third kappa shape index (κ3) is 3.28. The van der Waals surface area contributed by atoms with E-state index in [0.29, 0.717) is 13.0 Å². The first kappa shape index (κ1) is 13.4. The van der Waals surface area contributed by atoms with E-state index in [-0.39, 0.29) is 0 Å². The lowest BCUT2D eigenvalue weighted by molar-refractivity contribution is -0.132. The van der Waals surface area contributed by atoms with Crippen LogP contribution in [0.1, 0.15) is 13.3 Å². The Kier molecular flexibility index (Phi) is 4.56. The Hall–Kier alpha value is -0.600. The molecular formula is C6H11F2NO4S. The van der Waals surface area contributed by atoms with Gasteiger partial charge in [0.25, 0.3) is 0 Å². The van der Waals surface area contributed by atoms with Gasteiger partial charge in [-0.3, -0.25) is 9.35 Å². The number of Topliss-reactive ketones (excluding diaryl/α,β-unsaturated/α-hetero) is 1. The molecule has 8 heteroatoms. The maximum atomic E-state index is 12.5. The molecule has 0 saturated heterocycles. The van der Waals surface area contributed by atoms with Crippen LogP contribution in [0.4, 0.5) is 8.78 Å². The molecule has 0 fully saturated rings. The molecule has 0 amide bonds. The molecule has 0 radical (unpaired) electrons. The summed E-state index contributed by atoms with van der Waals surface area (Å²) in [5.74, 6) is -1.87. The third-order valence-corrected chi connectivity index (χ3v) is 2.24. The summed E-state index contributed by atoms with van der Waals surface area (Å²) in [6.07, 6.45) is 0.616. The number of rotatable bonds is 6. The van der Waals surface area contributed by atoms with Crippen molar-refractivity contribution in [1.82, 2.24) is 5.32 Å². The van der Waals surface area contributed by atoms with Crippen molar-refractivity contribution in [2.24, 2.45) is 0 Å². The molecule has 0 saturated carbocycles. The molecule has 0 aliphatic rings. The first-order valence-corrected chi connectivity index (χ1v) is 5.26. The predicted octanol–water partition coefficient (Wildman–Crippen LogP) is 0.0357. The molecule has 84 valence electrons. The molecule has 0 unspecified atom stereocenters. The normalized spacial score (nSPS) is 12.9. The van der Waals surface area contributed by atoms with E-state index in [4.69, 9.17) is 4.55 Å². The van der Waals surface area contributed by atoms with E-state index in [2.05, 4.69) is 5.32 Å². The molecule has 0 aromatic carbocycles. The zero-order valence-corrected chi connectivity index (χ0v) is 8.27. The number of halogens is 2. The number of hydrogen-bond acceptors (Lipinski definition) is 4. The summed E-state index contributed by atoms with van der Waals surface area (Å²) >= 11 is 0. The average Bonchev–Trinajstić information content (AvgIpc) is 2.02. The van der Waals surface area contributed by atoms with Crippen LogP contribution < -0.4 is 5.32 Å². The van der Waals surface area contributed by atoms with E-state index in [0.717, 1.165) is 0 Å². The van der Waals surface area contributed by atoms with Crippen LogP contribution in [0.15, 0.2) is 0 Å². The second-order valence-corrected chi connectivity index (χ2v) is 4.05. The summed E-state index contributed by atoms with van der Waals surface area (Å²) in [6, 6.07) is 0. The zero-order valence-electron chi connectivity index (χ0n) is 7.46. The zero-order chi connectivity index (χ0) is 11.4. The summed E-state index contributed by atoms with van der Waals surface area (Å²) in [5, 5.41) is -2.42. The highest BCUT2D eigenvalue weighted by Gasteiger charge is 2.51. The number of hydrogen-bond donors (Lipinski definition) is 2. The van der Waals surface area contributed by atoms with Crippen LogP contribution in [0, 0.1) is 0 Å². The van der Waals surface area contributed by atoms with E-state index in [1.165, 1.54) is 0 Å². The fraction of sp³-hybridized carbons (Fsp3) is 0.833.